The molecule has 0 spiro atoms. The predicted octanol–water partition coefficient (Wildman–Crippen LogP) is 3.76. The standard InChI is InChI=1S/C13H11ClFN3/c1-8-11(7-12(14)16-2)17-18-13(8)9-3-5-10(15)6-4-9/h3-7H,2H2,1H3,(H,17,18)/b12-7-. The number of benzene rings is 1. The van der Waals surface area contributed by atoms with E-state index in [4.69, 9.17) is 11.6 Å². The molecule has 0 aliphatic heterocycles. The zero-order valence-electron chi connectivity index (χ0n) is 9.74. The summed E-state index contributed by atoms with van der Waals surface area (Å²) in [6, 6.07) is 6.16. The Morgan fingerprint density at radius 3 is 2.72 bits per heavy atom. The van der Waals surface area contributed by atoms with E-state index in [0.29, 0.717) is 0 Å². The molecular weight excluding hydrogens is 253 g/mol. The summed E-state index contributed by atoms with van der Waals surface area (Å²) < 4.78 is 12.9. The van der Waals surface area contributed by atoms with Crippen molar-refractivity contribution in [2.24, 2.45) is 4.99 Å². The number of rotatable bonds is 3. The Hall–Kier alpha value is -1.94. The van der Waals surface area contributed by atoms with Crippen LogP contribution in [-0.2, 0) is 0 Å². The van der Waals surface area contributed by atoms with E-state index in [9.17, 15) is 4.39 Å². The van der Waals surface area contributed by atoms with Gasteiger partial charge in [0.2, 0.25) is 0 Å². The van der Waals surface area contributed by atoms with Crippen LogP contribution >= 0.6 is 11.6 Å². The lowest BCUT2D eigenvalue weighted by atomic mass is 10.1. The minimum atomic E-state index is -0.272. The van der Waals surface area contributed by atoms with Gasteiger partial charge in [0, 0.05) is 17.2 Å². The Bertz CT molecular complexity index is 599. The van der Waals surface area contributed by atoms with Gasteiger partial charge in [-0.2, -0.15) is 5.10 Å². The van der Waals surface area contributed by atoms with Crippen molar-refractivity contribution < 1.29 is 4.39 Å². The minimum Gasteiger partial charge on any atom is -0.277 e. The number of nitrogens with zero attached hydrogens (tertiary/aromatic N) is 2. The summed E-state index contributed by atoms with van der Waals surface area (Å²) in [7, 11) is 0. The van der Waals surface area contributed by atoms with Gasteiger partial charge in [0.05, 0.1) is 11.4 Å². The maximum atomic E-state index is 12.9. The molecule has 92 valence electrons. The molecule has 0 saturated heterocycles. The third-order valence-electron chi connectivity index (χ3n) is 2.58. The summed E-state index contributed by atoms with van der Waals surface area (Å²) in [5.41, 5.74) is 3.28. The molecule has 2 aromatic rings. The predicted molar refractivity (Wildman–Crippen MR) is 72.1 cm³/mol. The Kier molecular flexibility index (Phi) is 3.58. The van der Waals surface area contributed by atoms with E-state index in [1.165, 1.54) is 12.1 Å². The van der Waals surface area contributed by atoms with Gasteiger partial charge in [0.25, 0.3) is 0 Å². The van der Waals surface area contributed by atoms with Crippen LogP contribution < -0.4 is 0 Å². The minimum absolute atomic E-state index is 0.272. The largest absolute Gasteiger partial charge is 0.277 e. The number of nitrogens with one attached hydrogen (secondary N) is 1. The second-order valence-electron chi connectivity index (χ2n) is 3.74. The number of aliphatic imine (C=N–C) groups is 1. The monoisotopic (exact) mass is 263 g/mol. The summed E-state index contributed by atoms with van der Waals surface area (Å²) >= 11 is 5.78. The molecule has 1 aromatic heterocycles. The van der Waals surface area contributed by atoms with Crippen molar-refractivity contribution in [3.63, 3.8) is 0 Å². The molecule has 0 amide bonds. The van der Waals surface area contributed by atoms with Crippen LogP contribution in [0.4, 0.5) is 4.39 Å². The van der Waals surface area contributed by atoms with Gasteiger partial charge in [-0.25, -0.2) is 4.39 Å². The number of H-pyrrole nitrogens is 1. The molecule has 18 heavy (non-hydrogen) atoms. The fourth-order valence-electron chi connectivity index (χ4n) is 1.61. The van der Waals surface area contributed by atoms with Crippen LogP contribution in [0.1, 0.15) is 11.3 Å². The highest BCUT2D eigenvalue weighted by molar-refractivity contribution is 6.31. The first-order chi connectivity index (χ1) is 8.61. The zero-order valence-corrected chi connectivity index (χ0v) is 10.5. The lowest BCUT2D eigenvalue weighted by Crippen LogP contribution is -1.82. The SMILES string of the molecule is C=N/C(Cl)=C\c1[nH]nc(-c2ccc(F)cc2)c1C. The molecule has 0 radical (unpaired) electrons. The van der Waals surface area contributed by atoms with Crippen molar-refractivity contribution in [1.82, 2.24) is 10.2 Å². The van der Waals surface area contributed by atoms with Crippen LogP contribution in [0, 0.1) is 12.7 Å². The fraction of sp³-hybridized carbons (Fsp3) is 0.0769. The van der Waals surface area contributed by atoms with E-state index in [2.05, 4.69) is 21.9 Å². The second-order valence-corrected chi connectivity index (χ2v) is 4.13. The Labute approximate surface area is 109 Å². The Morgan fingerprint density at radius 2 is 2.11 bits per heavy atom. The van der Waals surface area contributed by atoms with Gasteiger partial charge >= 0.3 is 0 Å². The van der Waals surface area contributed by atoms with Gasteiger partial charge in [-0.3, -0.25) is 10.1 Å². The number of hydrogen-bond acceptors (Lipinski definition) is 2. The molecule has 2 rings (SSSR count). The molecule has 0 aliphatic carbocycles. The molecule has 0 fully saturated rings. The maximum Gasteiger partial charge on any atom is 0.130 e. The molecule has 0 atom stereocenters. The summed E-state index contributed by atoms with van der Waals surface area (Å²) in [4.78, 5) is 3.60. The van der Waals surface area contributed by atoms with E-state index in [0.717, 1.165) is 22.5 Å². The van der Waals surface area contributed by atoms with Crippen LogP contribution in [0.25, 0.3) is 17.3 Å². The smallest absolute Gasteiger partial charge is 0.130 e. The van der Waals surface area contributed by atoms with Gasteiger partial charge < -0.3 is 0 Å². The van der Waals surface area contributed by atoms with E-state index < -0.39 is 0 Å². The number of halogens is 2. The summed E-state index contributed by atoms with van der Waals surface area (Å²) in [5.74, 6) is -0.272. The van der Waals surface area contributed by atoms with Crippen molar-refractivity contribution in [2.45, 2.75) is 6.92 Å². The molecule has 0 unspecified atom stereocenters. The summed E-state index contributed by atoms with van der Waals surface area (Å²) in [6.07, 6.45) is 1.64. The van der Waals surface area contributed by atoms with Crippen LogP contribution in [0.15, 0.2) is 34.4 Å². The average Bonchev–Trinajstić information content (AvgIpc) is 2.72. The highest BCUT2D eigenvalue weighted by atomic mass is 35.5. The fourth-order valence-corrected chi connectivity index (χ4v) is 1.71. The highest BCUT2D eigenvalue weighted by Crippen LogP contribution is 2.25. The molecule has 1 aromatic carbocycles. The molecular formula is C13H11ClFN3. The topological polar surface area (TPSA) is 41.0 Å². The highest BCUT2D eigenvalue weighted by Gasteiger charge is 2.09. The quantitative estimate of drug-likeness (QED) is 0.665. The van der Waals surface area contributed by atoms with E-state index in [-0.39, 0.29) is 11.0 Å². The van der Waals surface area contributed by atoms with Crippen LogP contribution in [0.3, 0.4) is 0 Å². The van der Waals surface area contributed by atoms with Crippen LogP contribution in [-0.4, -0.2) is 16.9 Å². The van der Waals surface area contributed by atoms with E-state index >= 15 is 0 Å². The Balaban J connectivity index is 2.42. The first-order valence-electron chi connectivity index (χ1n) is 5.26. The molecule has 0 bridgehead atoms. The zero-order chi connectivity index (χ0) is 13.1. The number of hydrogen-bond donors (Lipinski definition) is 1. The third kappa shape index (κ3) is 2.49. The van der Waals surface area contributed by atoms with Gasteiger partial charge in [0.15, 0.2) is 0 Å². The Morgan fingerprint density at radius 1 is 1.44 bits per heavy atom. The van der Waals surface area contributed by atoms with Gasteiger partial charge in [-0.15, -0.1) is 0 Å². The van der Waals surface area contributed by atoms with Gasteiger partial charge in [0.1, 0.15) is 11.0 Å². The molecule has 0 saturated carbocycles. The number of aromatic amines is 1. The molecule has 1 N–H and O–H groups in total. The second kappa shape index (κ2) is 5.14. The number of aromatic nitrogens is 2. The van der Waals surface area contributed by atoms with Crippen LogP contribution in [0.5, 0.6) is 0 Å². The average molecular weight is 264 g/mol. The molecule has 1 heterocycles. The summed E-state index contributed by atoms with van der Waals surface area (Å²) in [5, 5.41) is 7.33. The van der Waals surface area contributed by atoms with Crippen molar-refractivity contribution >= 4 is 24.4 Å². The van der Waals surface area contributed by atoms with Crippen molar-refractivity contribution in [3.8, 4) is 11.3 Å². The molecule has 0 aliphatic rings. The maximum absolute atomic E-state index is 12.9. The molecule has 3 nitrogen and oxygen atoms in total. The normalized spacial score (nSPS) is 11.6. The molecule has 5 heteroatoms. The van der Waals surface area contributed by atoms with E-state index in [1.54, 1.807) is 18.2 Å². The first kappa shape index (κ1) is 12.5. The lowest BCUT2D eigenvalue weighted by molar-refractivity contribution is 0.628. The van der Waals surface area contributed by atoms with Crippen molar-refractivity contribution in [1.29, 1.82) is 0 Å². The van der Waals surface area contributed by atoms with Crippen molar-refractivity contribution in [2.75, 3.05) is 0 Å². The van der Waals surface area contributed by atoms with Crippen LogP contribution in [0.2, 0.25) is 0 Å². The van der Waals surface area contributed by atoms with E-state index in [1.807, 2.05) is 6.92 Å². The van der Waals surface area contributed by atoms with Gasteiger partial charge in [-0.1, -0.05) is 11.6 Å². The van der Waals surface area contributed by atoms with Crippen molar-refractivity contribution in [3.05, 3.63) is 46.5 Å². The van der Waals surface area contributed by atoms with Gasteiger partial charge in [-0.05, 0) is 37.9 Å². The third-order valence-corrected chi connectivity index (χ3v) is 2.81. The summed E-state index contributed by atoms with van der Waals surface area (Å²) in [6.45, 7) is 5.24. The lowest BCUT2D eigenvalue weighted by Gasteiger charge is -1.98. The first-order valence-corrected chi connectivity index (χ1v) is 5.64.